The Labute approximate surface area is 88.2 Å². The Balaban J connectivity index is 3.96. The molecule has 0 rings (SSSR count). The van der Waals surface area contributed by atoms with Crippen molar-refractivity contribution in [3.8, 4) is 0 Å². The molecule has 0 aliphatic carbocycles. The molecular weight excluding hydrogens is 224 g/mol. The van der Waals surface area contributed by atoms with E-state index in [2.05, 4.69) is 4.74 Å². The van der Waals surface area contributed by atoms with Crippen molar-refractivity contribution in [2.75, 3.05) is 18.1 Å². The van der Waals surface area contributed by atoms with Crippen LogP contribution in [0.3, 0.4) is 0 Å². The number of hydrogen-bond donors (Lipinski definition) is 1. The second-order valence-electron chi connectivity index (χ2n) is 3.31. The first kappa shape index (κ1) is 13.9. The van der Waals surface area contributed by atoms with E-state index in [1.165, 1.54) is 0 Å². The summed E-state index contributed by atoms with van der Waals surface area (Å²) in [5.41, 5.74) is 0. The van der Waals surface area contributed by atoms with Crippen LogP contribution in [-0.2, 0) is 24.2 Å². The zero-order valence-corrected chi connectivity index (χ0v) is 9.41. The molecule has 0 unspecified atom stereocenters. The molecule has 0 aromatic rings. The van der Waals surface area contributed by atoms with Gasteiger partial charge in [0.1, 0.15) is 12.4 Å². The topological polar surface area (TPSA) is 97.7 Å². The quantitative estimate of drug-likeness (QED) is 0.637. The minimum Gasteiger partial charge on any atom is -0.480 e. The first-order valence-electron chi connectivity index (χ1n) is 4.33. The number of rotatable bonds is 6. The predicted octanol–water partition coefficient (Wildman–Crippen LogP) is -0.315. The molecule has 0 aromatic heterocycles. The number of carboxylic acid groups (broad SMARTS) is 1. The van der Waals surface area contributed by atoms with Gasteiger partial charge in [-0.3, -0.25) is 9.59 Å². The van der Waals surface area contributed by atoms with Gasteiger partial charge in [0.25, 0.3) is 0 Å². The van der Waals surface area contributed by atoms with Crippen molar-refractivity contribution >= 4 is 21.8 Å². The molecule has 0 radical (unpaired) electrons. The van der Waals surface area contributed by atoms with E-state index >= 15 is 0 Å². The standard InChI is InChI=1S/C8H14O6S/c1-6(2)8(11)14-3-4-15(12,13)5-7(9)10/h6H,3-5H2,1-2H3,(H,9,10). The van der Waals surface area contributed by atoms with Crippen LogP contribution in [0.2, 0.25) is 0 Å². The Bertz CT molecular complexity index is 329. The molecule has 0 spiro atoms. The third kappa shape index (κ3) is 6.89. The molecule has 0 fully saturated rings. The number of hydrogen-bond acceptors (Lipinski definition) is 5. The van der Waals surface area contributed by atoms with Crippen molar-refractivity contribution < 1.29 is 27.9 Å². The molecule has 15 heavy (non-hydrogen) atoms. The maximum absolute atomic E-state index is 11.0. The molecule has 1 N–H and O–H groups in total. The molecule has 7 heteroatoms. The number of esters is 1. The van der Waals surface area contributed by atoms with Crippen molar-refractivity contribution in [3.05, 3.63) is 0 Å². The minimum absolute atomic E-state index is 0.299. The highest BCUT2D eigenvalue weighted by Gasteiger charge is 2.17. The summed E-state index contributed by atoms with van der Waals surface area (Å²) < 4.78 is 26.7. The molecule has 0 aliphatic rings. The van der Waals surface area contributed by atoms with Gasteiger partial charge in [0.2, 0.25) is 0 Å². The van der Waals surface area contributed by atoms with E-state index in [1.54, 1.807) is 13.8 Å². The smallest absolute Gasteiger partial charge is 0.318 e. The normalized spacial score (nSPS) is 11.4. The van der Waals surface area contributed by atoms with Gasteiger partial charge in [0.15, 0.2) is 9.84 Å². The summed E-state index contributed by atoms with van der Waals surface area (Å²) in [6.07, 6.45) is 0. The molecular formula is C8H14O6S. The van der Waals surface area contributed by atoms with Gasteiger partial charge in [-0.25, -0.2) is 8.42 Å². The number of carbonyl (C=O) groups excluding carboxylic acids is 1. The number of carbonyl (C=O) groups is 2. The highest BCUT2D eigenvalue weighted by atomic mass is 32.2. The Morgan fingerprint density at radius 3 is 2.27 bits per heavy atom. The van der Waals surface area contributed by atoms with Gasteiger partial charge in [0, 0.05) is 0 Å². The molecule has 6 nitrogen and oxygen atoms in total. The first-order chi connectivity index (χ1) is 6.74. The van der Waals surface area contributed by atoms with Crippen molar-refractivity contribution in [1.29, 1.82) is 0 Å². The van der Waals surface area contributed by atoms with E-state index in [9.17, 15) is 18.0 Å². The average molecular weight is 238 g/mol. The summed E-state index contributed by atoms with van der Waals surface area (Å²) in [7, 11) is -3.68. The summed E-state index contributed by atoms with van der Waals surface area (Å²) in [4.78, 5) is 21.1. The lowest BCUT2D eigenvalue weighted by atomic mass is 10.2. The molecule has 0 heterocycles. The van der Waals surface area contributed by atoms with Crippen LogP contribution in [0, 0.1) is 5.92 Å². The Morgan fingerprint density at radius 2 is 1.87 bits per heavy atom. The maximum atomic E-state index is 11.0. The Kier molecular flexibility index (Phi) is 5.27. The fraction of sp³-hybridized carbons (Fsp3) is 0.750. The van der Waals surface area contributed by atoms with E-state index in [4.69, 9.17) is 5.11 Å². The van der Waals surface area contributed by atoms with E-state index in [1.807, 2.05) is 0 Å². The molecule has 0 bridgehead atoms. The fourth-order valence-corrected chi connectivity index (χ4v) is 1.55. The zero-order valence-electron chi connectivity index (χ0n) is 8.60. The number of aliphatic carboxylic acids is 1. The maximum Gasteiger partial charge on any atom is 0.318 e. The summed E-state index contributed by atoms with van der Waals surface area (Å²) in [6.45, 7) is 2.94. The third-order valence-electron chi connectivity index (χ3n) is 1.45. The van der Waals surface area contributed by atoms with Crippen molar-refractivity contribution in [3.63, 3.8) is 0 Å². The molecule has 0 aliphatic heterocycles. The van der Waals surface area contributed by atoms with Crippen LogP contribution >= 0.6 is 0 Å². The lowest BCUT2D eigenvalue weighted by molar-refractivity contribution is -0.146. The molecule has 0 atom stereocenters. The Hall–Kier alpha value is -1.11. The monoisotopic (exact) mass is 238 g/mol. The van der Waals surface area contributed by atoms with Gasteiger partial charge in [-0.1, -0.05) is 13.8 Å². The van der Waals surface area contributed by atoms with Gasteiger partial charge < -0.3 is 9.84 Å². The second kappa shape index (κ2) is 5.69. The van der Waals surface area contributed by atoms with Gasteiger partial charge in [-0.15, -0.1) is 0 Å². The summed E-state index contributed by atoms with van der Waals surface area (Å²) in [5, 5.41) is 8.26. The number of sulfone groups is 1. The van der Waals surface area contributed by atoms with E-state index in [0.717, 1.165) is 0 Å². The minimum atomic E-state index is -3.68. The molecule has 0 aromatic carbocycles. The van der Waals surface area contributed by atoms with Gasteiger partial charge in [-0.2, -0.15) is 0 Å². The van der Waals surface area contributed by atoms with Crippen LogP contribution in [0.25, 0.3) is 0 Å². The van der Waals surface area contributed by atoms with E-state index in [0.29, 0.717) is 0 Å². The van der Waals surface area contributed by atoms with Crippen molar-refractivity contribution in [1.82, 2.24) is 0 Å². The zero-order chi connectivity index (χ0) is 12.1. The molecule has 0 saturated carbocycles. The van der Waals surface area contributed by atoms with Crippen LogP contribution in [0.5, 0.6) is 0 Å². The fourth-order valence-electron chi connectivity index (χ4n) is 0.696. The van der Waals surface area contributed by atoms with E-state index in [-0.39, 0.29) is 12.5 Å². The Morgan fingerprint density at radius 1 is 1.33 bits per heavy atom. The average Bonchev–Trinajstić information content (AvgIpc) is 2.00. The molecule has 88 valence electrons. The van der Waals surface area contributed by atoms with Gasteiger partial charge in [-0.05, 0) is 0 Å². The van der Waals surface area contributed by atoms with Gasteiger partial charge >= 0.3 is 11.9 Å². The molecule has 0 saturated heterocycles. The highest BCUT2D eigenvalue weighted by Crippen LogP contribution is 1.97. The lowest BCUT2D eigenvalue weighted by Crippen LogP contribution is -2.23. The second-order valence-corrected chi connectivity index (χ2v) is 5.49. The van der Waals surface area contributed by atoms with Crippen LogP contribution in [0.4, 0.5) is 0 Å². The van der Waals surface area contributed by atoms with Crippen LogP contribution < -0.4 is 0 Å². The highest BCUT2D eigenvalue weighted by molar-refractivity contribution is 7.92. The van der Waals surface area contributed by atoms with Gasteiger partial charge in [0.05, 0.1) is 11.7 Å². The summed E-state index contributed by atoms with van der Waals surface area (Å²) in [5.74, 6) is -3.64. The predicted molar refractivity (Wildman–Crippen MR) is 52.1 cm³/mol. The summed E-state index contributed by atoms with van der Waals surface area (Å²) >= 11 is 0. The van der Waals surface area contributed by atoms with Crippen LogP contribution in [-0.4, -0.2) is 43.6 Å². The van der Waals surface area contributed by atoms with Crippen LogP contribution in [0.1, 0.15) is 13.8 Å². The molecule has 0 amide bonds. The third-order valence-corrected chi connectivity index (χ3v) is 2.93. The van der Waals surface area contributed by atoms with E-state index < -0.39 is 33.3 Å². The van der Waals surface area contributed by atoms with Crippen molar-refractivity contribution in [2.45, 2.75) is 13.8 Å². The first-order valence-corrected chi connectivity index (χ1v) is 6.15. The summed E-state index contributed by atoms with van der Waals surface area (Å²) in [6, 6.07) is 0. The largest absolute Gasteiger partial charge is 0.480 e. The number of carboxylic acids is 1. The number of ether oxygens (including phenoxy) is 1. The lowest BCUT2D eigenvalue weighted by Gasteiger charge is -2.06. The van der Waals surface area contributed by atoms with Crippen molar-refractivity contribution in [2.24, 2.45) is 5.92 Å². The SMILES string of the molecule is CC(C)C(=O)OCCS(=O)(=O)CC(=O)O. The van der Waals surface area contributed by atoms with Crippen LogP contribution in [0.15, 0.2) is 0 Å².